The lowest BCUT2D eigenvalue weighted by atomic mass is 10.1. The lowest BCUT2D eigenvalue weighted by Gasteiger charge is -2.18. The first-order chi connectivity index (χ1) is 40.0. The van der Waals surface area contributed by atoms with Gasteiger partial charge in [-0.25, -0.2) is 0 Å². The summed E-state index contributed by atoms with van der Waals surface area (Å²) in [5.74, 6) is -0.963. The van der Waals surface area contributed by atoms with Gasteiger partial charge < -0.3 is 14.2 Å². The maximum Gasteiger partial charge on any atom is 0.306 e. The van der Waals surface area contributed by atoms with Crippen LogP contribution in [0.15, 0.2) is 170 Å². The molecular weight excluding hydrogens is 997 g/mol. The van der Waals surface area contributed by atoms with Crippen LogP contribution in [0.25, 0.3) is 0 Å². The number of hydrogen-bond donors (Lipinski definition) is 0. The summed E-state index contributed by atoms with van der Waals surface area (Å²) in [6.07, 6.45) is 99.2. The number of rotatable bonds is 57. The Bertz CT molecular complexity index is 1860. The molecule has 0 rings (SSSR count). The molecule has 0 saturated heterocycles. The number of carbonyl (C=O) groups excluding carboxylic acids is 3. The Labute approximate surface area is 498 Å². The highest BCUT2D eigenvalue weighted by Crippen LogP contribution is 2.14. The summed E-state index contributed by atoms with van der Waals surface area (Å²) < 4.78 is 16.9. The van der Waals surface area contributed by atoms with E-state index in [0.29, 0.717) is 19.3 Å². The minimum atomic E-state index is -0.813. The van der Waals surface area contributed by atoms with Crippen molar-refractivity contribution in [3.8, 4) is 0 Å². The molecule has 0 saturated carbocycles. The first kappa shape index (κ1) is 75.8. The lowest BCUT2D eigenvalue weighted by molar-refractivity contribution is -0.167. The van der Waals surface area contributed by atoms with Crippen molar-refractivity contribution in [3.63, 3.8) is 0 Å². The van der Waals surface area contributed by atoms with Gasteiger partial charge in [-0.15, -0.1) is 0 Å². The molecule has 1 atom stereocenters. The second-order valence-electron chi connectivity index (χ2n) is 20.9. The van der Waals surface area contributed by atoms with Crippen LogP contribution in [0.2, 0.25) is 0 Å². The molecule has 0 heterocycles. The van der Waals surface area contributed by atoms with Gasteiger partial charge in [-0.1, -0.05) is 262 Å². The Morgan fingerprint density at radius 1 is 0.259 bits per heavy atom. The van der Waals surface area contributed by atoms with Crippen molar-refractivity contribution in [2.45, 2.75) is 271 Å². The Kier molecular flexibility index (Phi) is 62.9. The zero-order valence-corrected chi connectivity index (χ0v) is 52.0. The fraction of sp³-hybridized carbons (Fsp3) is 0.587. The zero-order valence-electron chi connectivity index (χ0n) is 52.0. The zero-order chi connectivity index (χ0) is 58.5. The van der Waals surface area contributed by atoms with Crippen LogP contribution in [-0.2, 0) is 28.6 Å². The predicted molar refractivity (Wildman–Crippen MR) is 352 cm³/mol. The van der Waals surface area contributed by atoms with E-state index in [1.165, 1.54) is 38.5 Å². The largest absolute Gasteiger partial charge is 0.462 e. The molecule has 0 amide bonds. The van der Waals surface area contributed by atoms with Crippen molar-refractivity contribution < 1.29 is 28.6 Å². The van der Waals surface area contributed by atoms with Crippen LogP contribution in [0.5, 0.6) is 0 Å². The summed E-state index contributed by atoms with van der Waals surface area (Å²) in [5, 5.41) is 0. The van der Waals surface area contributed by atoms with E-state index in [4.69, 9.17) is 14.2 Å². The highest BCUT2D eigenvalue weighted by Gasteiger charge is 2.19. The molecule has 0 N–H and O–H groups in total. The molecule has 0 spiro atoms. The Morgan fingerprint density at radius 3 is 0.765 bits per heavy atom. The normalized spacial score (nSPS) is 13.3. The van der Waals surface area contributed by atoms with Gasteiger partial charge in [0.05, 0.1) is 0 Å². The van der Waals surface area contributed by atoms with E-state index >= 15 is 0 Å². The quantitative estimate of drug-likeness (QED) is 0.0261. The molecule has 0 aromatic rings. The third-order valence-electron chi connectivity index (χ3n) is 13.2. The minimum Gasteiger partial charge on any atom is -0.462 e. The molecule has 6 nitrogen and oxygen atoms in total. The average Bonchev–Trinajstić information content (AvgIpc) is 3.46. The second-order valence-corrected chi connectivity index (χ2v) is 20.9. The van der Waals surface area contributed by atoms with Gasteiger partial charge in [0, 0.05) is 19.3 Å². The van der Waals surface area contributed by atoms with Crippen molar-refractivity contribution in [1.29, 1.82) is 0 Å². The SMILES string of the molecule is CC/C=C\C/C=C\C/C=C\C/C=C\C/C=C\C/C=C\C/C=C\C/C=C\CCCCCCC(=O)OCC(COC(=O)CCCCCCC/C=C\CCCCCC)OC(=O)CCCCCCC/C=C\C/C=C\C/C=C\C/C=C\C/C=C\CC. The van der Waals surface area contributed by atoms with Crippen LogP contribution in [0.3, 0.4) is 0 Å². The van der Waals surface area contributed by atoms with Gasteiger partial charge in [0.1, 0.15) is 13.2 Å². The Hall–Kier alpha value is -5.23. The van der Waals surface area contributed by atoms with E-state index in [2.05, 4.69) is 191 Å². The number of ether oxygens (including phenoxy) is 3. The topological polar surface area (TPSA) is 78.9 Å². The minimum absolute atomic E-state index is 0.106. The van der Waals surface area contributed by atoms with Crippen molar-refractivity contribution in [2.75, 3.05) is 13.2 Å². The molecule has 6 heteroatoms. The molecule has 0 bridgehead atoms. The fourth-order valence-corrected chi connectivity index (χ4v) is 8.36. The maximum absolute atomic E-state index is 12.9. The van der Waals surface area contributed by atoms with Crippen LogP contribution >= 0.6 is 0 Å². The van der Waals surface area contributed by atoms with Gasteiger partial charge in [-0.3, -0.25) is 14.4 Å². The number of unbranched alkanes of at least 4 members (excludes halogenated alkanes) is 18. The van der Waals surface area contributed by atoms with E-state index < -0.39 is 6.10 Å². The number of esters is 3. The molecule has 454 valence electrons. The van der Waals surface area contributed by atoms with Crippen molar-refractivity contribution >= 4 is 17.9 Å². The van der Waals surface area contributed by atoms with Gasteiger partial charge in [-0.2, -0.15) is 0 Å². The smallest absolute Gasteiger partial charge is 0.306 e. The molecule has 1 unspecified atom stereocenters. The monoisotopic (exact) mass is 1110 g/mol. The molecule has 0 fully saturated rings. The van der Waals surface area contributed by atoms with Gasteiger partial charge >= 0.3 is 17.9 Å². The van der Waals surface area contributed by atoms with Crippen molar-refractivity contribution in [3.05, 3.63) is 170 Å². The average molecular weight is 1120 g/mol. The van der Waals surface area contributed by atoms with E-state index in [0.717, 1.165) is 186 Å². The molecule has 0 aliphatic heterocycles. The highest BCUT2D eigenvalue weighted by molar-refractivity contribution is 5.71. The van der Waals surface area contributed by atoms with Crippen LogP contribution in [0.4, 0.5) is 0 Å². The standard InChI is InChI=1S/C75H118O6/c1-4-7-10-13-16-19-22-25-27-29-31-33-34-35-36-37-38-39-40-42-43-45-47-50-53-56-59-62-65-68-74(77)80-71-72(70-79-73(76)67-64-61-58-55-52-49-24-21-18-15-12-9-6-3)81-75(78)69-66-63-60-57-54-51-48-46-44-41-32-30-28-26-23-20-17-14-11-8-5-2/h7-8,10-11,16-17,19-21,24-28,31-33,35-36,38-39,41-43,46-48,50,72H,4-6,9,12-15,18,22-23,29-30,34,37,40,44-45,49,51-71H2,1-3H3/b10-7-,11-8-,19-16-,20-17-,24-21-,27-25-,28-26-,33-31-,36-35-,39-38-,41-32-,43-42-,48-46-,50-47-. The van der Waals surface area contributed by atoms with Gasteiger partial charge in [-0.05, 0) is 154 Å². The van der Waals surface area contributed by atoms with Crippen LogP contribution in [0, 0.1) is 0 Å². The van der Waals surface area contributed by atoms with E-state index in [-0.39, 0.29) is 31.1 Å². The third-order valence-corrected chi connectivity index (χ3v) is 13.2. The van der Waals surface area contributed by atoms with Crippen molar-refractivity contribution in [1.82, 2.24) is 0 Å². The molecule has 0 aliphatic rings. The number of allylic oxidation sites excluding steroid dienone is 28. The summed E-state index contributed by atoms with van der Waals surface area (Å²) >= 11 is 0. The summed E-state index contributed by atoms with van der Waals surface area (Å²) in [6, 6.07) is 0. The first-order valence-corrected chi connectivity index (χ1v) is 32.6. The molecule has 0 radical (unpaired) electrons. The van der Waals surface area contributed by atoms with E-state index in [1.807, 2.05) is 0 Å². The highest BCUT2D eigenvalue weighted by atomic mass is 16.6. The first-order valence-electron chi connectivity index (χ1n) is 32.6. The molecule has 0 aromatic carbocycles. The lowest BCUT2D eigenvalue weighted by Crippen LogP contribution is -2.30. The molecule has 0 aliphatic carbocycles. The summed E-state index contributed by atoms with van der Waals surface area (Å²) in [6.45, 7) is 6.35. The second kappa shape index (κ2) is 67.3. The van der Waals surface area contributed by atoms with Gasteiger partial charge in [0.25, 0.3) is 0 Å². The molecule has 81 heavy (non-hydrogen) atoms. The summed E-state index contributed by atoms with van der Waals surface area (Å²) in [5.41, 5.74) is 0. The number of hydrogen-bond acceptors (Lipinski definition) is 6. The Morgan fingerprint density at radius 2 is 0.481 bits per heavy atom. The summed E-state index contributed by atoms with van der Waals surface area (Å²) in [4.78, 5) is 38.3. The third kappa shape index (κ3) is 65.5. The molecule has 0 aromatic heterocycles. The van der Waals surface area contributed by atoms with Gasteiger partial charge in [0.2, 0.25) is 0 Å². The number of carbonyl (C=O) groups is 3. The van der Waals surface area contributed by atoms with Gasteiger partial charge in [0.15, 0.2) is 6.10 Å². The van der Waals surface area contributed by atoms with Crippen LogP contribution in [0.1, 0.15) is 265 Å². The van der Waals surface area contributed by atoms with Crippen molar-refractivity contribution in [2.24, 2.45) is 0 Å². The van der Waals surface area contributed by atoms with E-state index in [1.54, 1.807) is 0 Å². The van der Waals surface area contributed by atoms with Crippen LogP contribution < -0.4 is 0 Å². The van der Waals surface area contributed by atoms with Crippen LogP contribution in [-0.4, -0.2) is 37.2 Å². The summed E-state index contributed by atoms with van der Waals surface area (Å²) in [7, 11) is 0. The fourth-order valence-electron chi connectivity index (χ4n) is 8.36. The predicted octanol–water partition coefficient (Wildman–Crippen LogP) is 22.7. The molecular formula is C75H118O6. The Balaban J connectivity index is 4.46. The van der Waals surface area contributed by atoms with E-state index in [9.17, 15) is 14.4 Å². The maximum atomic E-state index is 12.9.